The van der Waals surface area contributed by atoms with E-state index in [0.717, 1.165) is 43.6 Å². The number of rotatable bonds is 4. The summed E-state index contributed by atoms with van der Waals surface area (Å²) in [5.74, 6) is -1.79. The maximum atomic E-state index is 12.3. The molecule has 4 atom stereocenters. The third-order valence-electron chi connectivity index (χ3n) is 6.98. The third-order valence-corrected chi connectivity index (χ3v) is 7.22. The van der Waals surface area contributed by atoms with Crippen molar-refractivity contribution in [1.82, 2.24) is 9.55 Å². The molecule has 10 heteroatoms. The number of nitrogens with zero attached hydrogens (tertiary/aromatic N) is 1. The highest BCUT2D eigenvalue weighted by Crippen LogP contribution is 2.42. The molecule has 0 saturated carbocycles. The van der Waals surface area contributed by atoms with Crippen LogP contribution in [-0.2, 0) is 33.3 Å². The van der Waals surface area contributed by atoms with Crippen LogP contribution >= 0.6 is 11.6 Å². The Morgan fingerprint density at radius 2 is 1.54 bits per heavy atom. The van der Waals surface area contributed by atoms with Gasteiger partial charge < -0.3 is 28.5 Å². The van der Waals surface area contributed by atoms with E-state index in [-0.39, 0.29) is 6.61 Å². The first-order chi connectivity index (χ1) is 18.7. The molecule has 0 spiro atoms. The number of hydrogen-bond donors (Lipinski definition) is 1. The maximum absolute atomic E-state index is 12.3. The summed E-state index contributed by atoms with van der Waals surface area (Å²) in [6, 6.07) is 17.6. The molecular weight excluding hydrogens is 524 g/mol. The fourth-order valence-corrected chi connectivity index (χ4v) is 5.81. The van der Waals surface area contributed by atoms with Crippen LogP contribution in [0.15, 0.2) is 54.6 Å². The summed E-state index contributed by atoms with van der Waals surface area (Å²) in [7, 11) is 0. The van der Waals surface area contributed by atoms with Crippen molar-refractivity contribution in [3.05, 3.63) is 59.6 Å². The number of ether oxygens (including phenoxy) is 4. The van der Waals surface area contributed by atoms with Crippen LogP contribution in [0.1, 0.15) is 27.0 Å². The van der Waals surface area contributed by atoms with Gasteiger partial charge in [0.1, 0.15) is 0 Å². The van der Waals surface area contributed by atoms with E-state index >= 15 is 0 Å². The van der Waals surface area contributed by atoms with E-state index in [0.29, 0.717) is 5.02 Å². The van der Waals surface area contributed by atoms with Gasteiger partial charge in [-0.1, -0.05) is 41.9 Å². The number of hydrogen-bond acceptors (Lipinski definition) is 7. The predicted octanol–water partition coefficient (Wildman–Crippen LogP) is 5.41. The van der Waals surface area contributed by atoms with Gasteiger partial charge in [0.05, 0.1) is 23.2 Å². The number of benzene rings is 3. The fraction of sp³-hybridized carbons (Fsp3) is 0.276. The number of aromatic amines is 1. The molecule has 0 radical (unpaired) electrons. The molecule has 1 aliphatic heterocycles. The van der Waals surface area contributed by atoms with Gasteiger partial charge in [-0.25, -0.2) is 0 Å². The summed E-state index contributed by atoms with van der Waals surface area (Å²) in [6.45, 7) is 3.67. The van der Waals surface area contributed by atoms with Crippen molar-refractivity contribution in [2.45, 2.75) is 45.3 Å². The summed E-state index contributed by atoms with van der Waals surface area (Å²) in [5, 5.41) is 4.39. The number of H-pyrrole nitrogens is 1. The van der Waals surface area contributed by atoms with Crippen LogP contribution in [0.25, 0.3) is 43.6 Å². The molecule has 5 aromatic rings. The summed E-state index contributed by atoms with van der Waals surface area (Å²) in [6.07, 6.45) is -4.12. The number of carbonyl (C=O) groups excluding carboxylic acids is 3. The van der Waals surface area contributed by atoms with Gasteiger partial charge >= 0.3 is 17.9 Å². The summed E-state index contributed by atoms with van der Waals surface area (Å²) in [5.41, 5.74) is 3.40. The average molecular weight is 549 g/mol. The lowest BCUT2D eigenvalue weighted by atomic mass is 10.0. The van der Waals surface area contributed by atoms with E-state index in [4.69, 9.17) is 30.5 Å². The number of carbonyl (C=O) groups is 3. The van der Waals surface area contributed by atoms with E-state index in [2.05, 4.69) is 11.1 Å². The van der Waals surface area contributed by atoms with Gasteiger partial charge in [-0.3, -0.25) is 14.4 Å². The van der Waals surface area contributed by atoms with E-state index in [9.17, 15) is 14.4 Å². The molecule has 200 valence electrons. The van der Waals surface area contributed by atoms with Crippen LogP contribution in [0.3, 0.4) is 0 Å². The number of nitrogens with one attached hydrogen (secondary N) is 1. The number of para-hydroxylation sites is 1. The van der Waals surface area contributed by atoms with Gasteiger partial charge in [0.15, 0.2) is 24.5 Å². The standard InChI is InChI=1S/C29H25ClN2O7/c1-14(33)37-24-13-36-29(28(39-16(3)35)27(24)38-15(2)34)32-23-11-8-17(30)12-21(23)20-10-9-19-18-6-4-5-7-22(18)31-25(19)26(20)32/h4-12,24,27-29,31H,13H2,1-3H3/t24-,27+,28-,29-/m1/s1. The van der Waals surface area contributed by atoms with Gasteiger partial charge in [0.2, 0.25) is 0 Å². The average Bonchev–Trinajstić information content (AvgIpc) is 3.41. The Kier molecular flexibility index (Phi) is 6.20. The Morgan fingerprint density at radius 1 is 0.846 bits per heavy atom. The number of fused-ring (bicyclic) bond motifs is 7. The van der Waals surface area contributed by atoms with Crippen LogP contribution in [0.2, 0.25) is 5.02 Å². The molecule has 2 aromatic heterocycles. The summed E-state index contributed by atoms with van der Waals surface area (Å²) < 4.78 is 25.0. The minimum atomic E-state index is -1.13. The normalized spacial score (nSPS) is 21.4. The summed E-state index contributed by atoms with van der Waals surface area (Å²) >= 11 is 6.42. The topological polar surface area (TPSA) is 109 Å². The van der Waals surface area contributed by atoms with Crippen molar-refractivity contribution in [3.63, 3.8) is 0 Å². The van der Waals surface area contributed by atoms with Crippen molar-refractivity contribution < 1.29 is 33.3 Å². The molecule has 1 N–H and O–H groups in total. The van der Waals surface area contributed by atoms with E-state index in [1.165, 1.54) is 20.8 Å². The van der Waals surface area contributed by atoms with Crippen molar-refractivity contribution >= 4 is 73.1 Å². The Labute approximate surface area is 227 Å². The first-order valence-electron chi connectivity index (χ1n) is 12.5. The molecule has 1 saturated heterocycles. The van der Waals surface area contributed by atoms with E-state index in [1.807, 2.05) is 47.0 Å². The minimum Gasteiger partial charge on any atom is -0.456 e. The van der Waals surface area contributed by atoms with Crippen LogP contribution in [0, 0.1) is 0 Å². The first-order valence-corrected chi connectivity index (χ1v) is 12.9. The van der Waals surface area contributed by atoms with Crippen molar-refractivity contribution in [2.24, 2.45) is 0 Å². The minimum absolute atomic E-state index is 0.0859. The Balaban J connectivity index is 1.65. The van der Waals surface area contributed by atoms with E-state index in [1.54, 1.807) is 6.07 Å². The van der Waals surface area contributed by atoms with Crippen molar-refractivity contribution in [3.8, 4) is 0 Å². The molecule has 9 nitrogen and oxygen atoms in total. The Hall–Kier alpha value is -4.08. The first kappa shape index (κ1) is 25.2. The predicted molar refractivity (Wildman–Crippen MR) is 145 cm³/mol. The molecule has 0 bridgehead atoms. The molecule has 1 fully saturated rings. The Morgan fingerprint density at radius 3 is 2.28 bits per heavy atom. The molecule has 0 unspecified atom stereocenters. The summed E-state index contributed by atoms with van der Waals surface area (Å²) in [4.78, 5) is 39.8. The molecule has 1 aliphatic rings. The highest BCUT2D eigenvalue weighted by atomic mass is 35.5. The zero-order valence-electron chi connectivity index (χ0n) is 21.4. The van der Waals surface area contributed by atoms with Gasteiger partial charge in [-0.05, 0) is 24.3 Å². The van der Waals surface area contributed by atoms with Gasteiger partial charge in [-0.15, -0.1) is 0 Å². The largest absolute Gasteiger partial charge is 0.456 e. The highest BCUT2D eigenvalue weighted by molar-refractivity contribution is 6.32. The maximum Gasteiger partial charge on any atom is 0.303 e. The van der Waals surface area contributed by atoms with Crippen LogP contribution in [0.5, 0.6) is 0 Å². The number of halogens is 1. The van der Waals surface area contributed by atoms with Crippen LogP contribution in [0.4, 0.5) is 0 Å². The molecule has 6 rings (SSSR count). The Bertz CT molecular complexity index is 1790. The number of esters is 3. The monoisotopic (exact) mass is 548 g/mol. The zero-order chi connectivity index (χ0) is 27.4. The third kappa shape index (κ3) is 4.27. The highest BCUT2D eigenvalue weighted by Gasteiger charge is 2.48. The quantitative estimate of drug-likeness (QED) is 0.236. The van der Waals surface area contributed by atoms with Crippen LogP contribution < -0.4 is 0 Å². The SMILES string of the molecule is CC(=O)O[C@@H]1[C@@H](OC(C)=O)[C@H](OC(C)=O)CO[C@H]1n1c2ccc(Cl)cc2c2ccc3c4ccccc4[nH]c3c21. The van der Waals surface area contributed by atoms with Crippen LogP contribution in [-0.4, -0.2) is 52.4 Å². The molecule has 0 aliphatic carbocycles. The van der Waals surface area contributed by atoms with E-state index < -0.39 is 42.4 Å². The number of aromatic nitrogens is 2. The molecule has 0 amide bonds. The lowest BCUT2D eigenvalue weighted by molar-refractivity contribution is -0.238. The molecular formula is C29H25ClN2O7. The molecule has 3 aromatic carbocycles. The van der Waals surface area contributed by atoms with Gasteiger partial charge in [0.25, 0.3) is 0 Å². The lowest BCUT2D eigenvalue weighted by Crippen LogP contribution is -2.55. The smallest absolute Gasteiger partial charge is 0.303 e. The second kappa shape index (κ2) is 9.59. The second-order valence-corrected chi connectivity index (χ2v) is 10.0. The fourth-order valence-electron chi connectivity index (χ4n) is 5.63. The molecule has 39 heavy (non-hydrogen) atoms. The van der Waals surface area contributed by atoms with Crippen molar-refractivity contribution in [2.75, 3.05) is 6.61 Å². The molecule has 3 heterocycles. The van der Waals surface area contributed by atoms with Gasteiger partial charge in [-0.2, -0.15) is 0 Å². The lowest BCUT2D eigenvalue weighted by Gasteiger charge is -2.41. The zero-order valence-corrected chi connectivity index (χ0v) is 22.2. The van der Waals surface area contributed by atoms with Gasteiger partial charge in [0, 0.05) is 52.9 Å². The second-order valence-electron chi connectivity index (χ2n) is 9.61. The van der Waals surface area contributed by atoms with Crippen molar-refractivity contribution in [1.29, 1.82) is 0 Å².